The third-order valence-corrected chi connectivity index (χ3v) is 4.19. The SMILES string of the molecule is CCOC(=O)c1ccc(CNC(=O)NC2CC(=O)N(C(C)(C)C)C2)cc1. The number of ether oxygens (including phenoxy) is 1. The second-order valence-corrected chi connectivity index (χ2v) is 7.32. The summed E-state index contributed by atoms with van der Waals surface area (Å²) in [5.41, 5.74) is 1.10. The molecule has 1 saturated heterocycles. The van der Waals surface area contributed by atoms with Crippen molar-refractivity contribution in [2.75, 3.05) is 13.2 Å². The smallest absolute Gasteiger partial charge is 0.338 e. The molecule has 142 valence electrons. The van der Waals surface area contributed by atoms with Gasteiger partial charge in [-0.05, 0) is 45.4 Å². The van der Waals surface area contributed by atoms with Crippen LogP contribution in [0.5, 0.6) is 0 Å². The van der Waals surface area contributed by atoms with Gasteiger partial charge in [0.2, 0.25) is 5.91 Å². The summed E-state index contributed by atoms with van der Waals surface area (Å²) in [7, 11) is 0. The van der Waals surface area contributed by atoms with E-state index in [-0.39, 0.29) is 29.5 Å². The summed E-state index contributed by atoms with van der Waals surface area (Å²) in [6.45, 7) is 8.88. The summed E-state index contributed by atoms with van der Waals surface area (Å²) in [6, 6.07) is 6.38. The lowest BCUT2D eigenvalue weighted by molar-refractivity contribution is -0.131. The van der Waals surface area contributed by atoms with E-state index in [4.69, 9.17) is 4.74 Å². The molecule has 3 amide bonds. The van der Waals surface area contributed by atoms with Crippen LogP contribution in [0.4, 0.5) is 4.79 Å². The number of urea groups is 1. The lowest BCUT2D eigenvalue weighted by atomic mass is 10.1. The van der Waals surface area contributed by atoms with Crippen molar-refractivity contribution in [2.45, 2.75) is 52.2 Å². The Labute approximate surface area is 154 Å². The normalized spacial score (nSPS) is 17.2. The zero-order valence-electron chi connectivity index (χ0n) is 15.8. The van der Waals surface area contributed by atoms with Crippen molar-refractivity contribution < 1.29 is 19.1 Å². The first-order valence-electron chi connectivity index (χ1n) is 8.81. The minimum absolute atomic E-state index is 0.0531. The molecule has 0 aliphatic carbocycles. The Bertz CT molecular complexity index is 664. The minimum atomic E-state index is -0.362. The first-order chi connectivity index (χ1) is 12.2. The van der Waals surface area contributed by atoms with Crippen molar-refractivity contribution in [3.63, 3.8) is 0 Å². The van der Waals surface area contributed by atoms with Crippen LogP contribution < -0.4 is 10.6 Å². The van der Waals surface area contributed by atoms with Gasteiger partial charge >= 0.3 is 12.0 Å². The predicted octanol–water partition coefficient (Wildman–Crippen LogP) is 2.06. The number of hydrogen-bond acceptors (Lipinski definition) is 4. The van der Waals surface area contributed by atoms with Crippen molar-refractivity contribution in [3.8, 4) is 0 Å². The van der Waals surface area contributed by atoms with Gasteiger partial charge in [0.1, 0.15) is 0 Å². The Balaban J connectivity index is 1.80. The molecule has 0 spiro atoms. The number of likely N-dealkylation sites (tertiary alicyclic amines) is 1. The highest BCUT2D eigenvalue weighted by molar-refractivity contribution is 5.89. The fourth-order valence-corrected chi connectivity index (χ4v) is 2.84. The van der Waals surface area contributed by atoms with Gasteiger partial charge in [-0.2, -0.15) is 0 Å². The number of benzene rings is 1. The molecule has 0 radical (unpaired) electrons. The van der Waals surface area contributed by atoms with Crippen molar-refractivity contribution >= 4 is 17.9 Å². The standard InChI is InChI=1S/C19H27N3O4/c1-5-26-17(24)14-8-6-13(7-9-14)11-20-18(25)21-15-10-16(23)22(12-15)19(2,3)4/h6-9,15H,5,10-12H2,1-4H3,(H2,20,21,25). The Morgan fingerprint density at radius 2 is 1.88 bits per heavy atom. The molecule has 1 aliphatic rings. The van der Waals surface area contributed by atoms with Gasteiger partial charge in [0.05, 0.1) is 18.2 Å². The minimum Gasteiger partial charge on any atom is -0.462 e. The second-order valence-electron chi connectivity index (χ2n) is 7.32. The maximum atomic E-state index is 12.1. The molecule has 26 heavy (non-hydrogen) atoms. The summed E-state index contributed by atoms with van der Waals surface area (Å²) in [4.78, 5) is 37.5. The zero-order valence-corrected chi connectivity index (χ0v) is 15.8. The molecule has 0 bridgehead atoms. The Kier molecular flexibility index (Phi) is 6.23. The predicted molar refractivity (Wildman–Crippen MR) is 97.6 cm³/mol. The van der Waals surface area contributed by atoms with Crippen LogP contribution in [-0.4, -0.2) is 47.5 Å². The van der Waals surface area contributed by atoms with Crippen LogP contribution in [0, 0.1) is 0 Å². The van der Waals surface area contributed by atoms with E-state index in [9.17, 15) is 14.4 Å². The number of hydrogen-bond donors (Lipinski definition) is 2. The molecule has 1 unspecified atom stereocenters. The highest BCUT2D eigenvalue weighted by Gasteiger charge is 2.36. The maximum absolute atomic E-state index is 12.1. The molecule has 1 heterocycles. The van der Waals surface area contributed by atoms with E-state index < -0.39 is 0 Å². The average molecular weight is 361 g/mol. The number of esters is 1. The topological polar surface area (TPSA) is 87.7 Å². The molecule has 1 atom stereocenters. The van der Waals surface area contributed by atoms with Crippen molar-refractivity contribution in [2.24, 2.45) is 0 Å². The molecule has 7 nitrogen and oxygen atoms in total. The van der Waals surface area contributed by atoms with Crippen LogP contribution >= 0.6 is 0 Å². The van der Waals surface area contributed by atoms with Gasteiger partial charge in [-0.1, -0.05) is 12.1 Å². The third-order valence-electron chi connectivity index (χ3n) is 4.19. The highest BCUT2D eigenvalue weighted by Crippen LogP contribution is 2.21. The molecular formula is C19H27N3O4. The molecule has 7 heteroatoms. The number of carbonyl (C=O) groups is 3. The molecule has 1 aromatic carbocycles. The van der Waals surface area contributed by atoms with Crippen molar-refractivity contribution in [1.29, 1.82) is 0 Å². The van der Waals surface area contributed by atoms with Gasteiger partial charge in [0.15, 0.2) is 0 Å². The van der Waals surface area contributed by atoms with Gasteiger partial charge in [0, 0.05) is 25.0 Å². The average Bonchev–Trinajstić information content (AvgIpc) is 2.94. The molecule has 0 aromatic heterocycles. The number of rotatable bonds is 5. The van der Waals surface area contributed by atoms with Gasteiger partial charge in [0.25, 0.3) is 0 Å². The van der Waals surface area contributed by atoms with Gasteiger partial charge < -0.3 is 20.3 Å². The monoisotopic (exact) mass is 361 g/mol. The van der Waals surface area contributed by atoms with Crippen molar-refractivity contribution in [1.82, 2.24) is 15.5 Å². The van der Waals surface area contributed by atoms with E-state index >= 15 is 0 Å². The van der Waals surface area contributed by atoms with Gasteiger partial charge in [-0.3, -0.25) is 4.79 Å². The van der Waals surface area contributed by atoms with E-state index in [0.29, 0.717) is 31.7 Å². The van der Waals surface area contributed by atoms with Gasteiger partial charge in [-0.15, -0.1) is 0 Å². The van der Waals surface area contributed by atoms with Crippen LogP contribution in [0.15, 0.2) is 24.3 Å². The van der Waals surface area contributed by atoms with Crippen LogP contribution in [0.1, 0.15) is 50.0 Å². The quantitative estimate of drug-likeness (QED) is 0.786. The lowest BCUT2D eigenvalue weighted by Gasteiger charge is -2.32. The van der Waals surface area contributed by atoms with E-state index in [1.54, 1.807) is 36.1 Å². The first-order valence-corrected chi connectivity index (χ1v) is 8.81. The summed E-state index contributed by atoms with van der Waals surface area (Å²) in [5, 5.41) is 5.61. The van der Waals surface area contributed by atoms with E-state index in [1.165, 1.54) is 0 Å². The van der Waals surface area contributed by atoms with Gasteiger partial charge in [-0.25, -0.2) is 9.59 Å². The second kappa shape index (κ2) is 8.21. The largest absolute Gasteiger partial charge is 0.462 e. The molecule has 1 fully saturated rings. The van der Waals surface area contributed by atoms with E-state index in [0.717, 1.165) is 5.56 Å². The lowest BCUT2D eigenvalue weighted by Crippen LogP contribution is -2.46. The van der Waals surface area contributed by atoms with E-state index in [2.05, 4.69) is 10.6 Å². The molecule has 1 aliphatic heterocycles. The Morgan fingerprint density at radius 1 is 1.23 bits per heavy atom. The number of amides is 3. The number of nitrogens with zero attached hydrogens (tertiary/aromatic N) is 1. The summed E-state index contributed by atoms with van der Waals surface area (Å²) in [5.74, 6) is -0.309. The fraction of sp³-hybridized carbons (Fsp3) is 0.526. The molecule has 1 aromatic rings. The molecule has 0 saturated carbocycles. The van der Waals surface area contributed by atoms with Crippen LogP contribution in [0.2, 0.25) is 0 Å². The summed E-state index contributed by atoms with van der Waals surface area (Å²) in [6.07, 6.45) is 0.318. The summed E-state index contributed by atoms with van der Waals surface area (Å²) < 4.78 is 4.93. The van der Waals surface area contributed by atoms with Crippen LogP contribution in [0.3, 0.4) is 0 Å². The van der Waals surface area contributed by atoms with Crippen LogP contribution in [-0.2, 0) is 16.1 Å². The highest BCUT2D eigenvalue weighted by atomic mass is 16.5. The maximum Gasteiger partial charge on any atom is 0.338 e. The van der Waals surface area contributed by atoms with Crippen LogP contribution in [0.25, 0.3) is 0 Å². The Morgan fingerprint density at radius 3 is 2.42 bits per heavy atom. The third kappa shape index (κ3) is 5.21. The fourth-order valence-electron chi connectivity index (χ4n) is 2.84. The molecule has 2 N–H and O–H groups in total. The number of nitrogens with one attached hydrogen (secondary N) is 2. The molecular weight excluding hydrogens is 334 g/mol. The van der Waals surface area contributed by atoms with E-state index in [1.807, 2.05) is 20.8 Å². The zero-order chi connectivity index (χ0) is 19.3. The molecule has 2 rings (SSSR count). The number of carbonyl (C=O) groups excluding carboxylic acids is 3. The Hall–Kier alpha value is -2.57. The first kappa shape index (κ1) is 19.8. The summed E-state index contributed by atoms with van der Waals surface area (Å²) >= 11 is 0. The van der Waals surface area contributed by atoms with Crippen molar-refractivity contribution in [3.05, 3.63) is 35.4 Å².